The first-order valence-electron chi connectivity index (χ1n) is 9.05. The number of fused-ring (bicyclic) bond motifs is 1. The molecular formula is C20H27N3O3. The predicted octanol–water partition coefficient (Wildman–Crippen LogP) is 2.26. The number of likely N-dealkylation sites (tertiary alicyclic amines) is 1. The fraction of sp³-hybridized carbons (Fsp3) is 0.500. The van der Waals surface area contributed by atoms with Gasteiger partial charge in [-0.15, -0.1) is 0 Å². The highest BCUT2D eigenvalue weighted by molar-refractivity contribution is 6.12. The number of amides is 1. The van der Waals surface area contributed by atoms with Gasteiger partial charge in [0.1, 0.15) is 5.75 Å². The van der Waals surface area contributed by atoms with E-state index in [0.717, 1.165) is 40.8 Å². The van der Waals surface area contributed by atoms with Crippen molar-refractivity contribution in [1.82, 2.24) is 9.47 Å². The SMILES string of the molecule is COc1ccc2c(c1)c(C(=O)[C@@H](C)N1CCC(C(N)=O)CC1)c(C)n2C. The average Bonchev–Trinajstić information content (AvgIpc) is 2.90. The van der Waals surface area contributed by atoms with Gasteiger partial charge in [-0.05, 0) is 58.0 Å². The van der Waals surface area contributed by atoms with E-state index in [1.807, 2.05) is 43.7 Å². The van der Waals surface area contributed by atoms with Crippen LogP contribution in [-0.2, 0) is 11.8 Å². The van der Waals surface area contributed by atoms with Crippen molar-refractivity contribution in [3.05, 3.63) is 29.5 Å². The van der Waals surface area contributed by atoms with Crippen LogP contribution in [0, 0.1) is 12.8 Å². The lowest BCUT2D eigenvalue weighted by Crippen LogP contribution is -2.46. The molecule has 0 saturated carbocycles. The third-order valence-electron chi connectivity index (χ3n) is 5.80. The van der Waals surface area contributed by atoms with E-state index in [2.05, 4.69) is 4.90 Å². The average molecular weight is 357 g/mol. The Bertz CT molecular complexity index is 848. The molecule has 0 unspecified atom stereocenters. The van der Waals surface area contributed by atoms with Crippen LogP contribution in [0.25, 0.3) is 10.9 Å². The van der Waals surface area contributed by atoms with Gasteiger partial charge in [0.2, 0.25) is 5.91 Å². The summed E-state index contributed by atoms with van der Waals surface area (Å²) in [4.78, 5) is 26.8. The Balaban J connectivity index is 1.90. The third kappa shape index (κ3) is 3.09. The van der Waals surface area contributed by atoms with Gasteiger partial charge < -0.3 is 15.0 Å². The summed E-state index contributed by atoms with van der Waals surface area (Å²) in [7, 11) is 3.61. The van der Waals surface area contributed by atoms with Crippen LogP contribution in [0.3, 0.4) is 0 Å². The lowest BCUT2D eigenvalue weighted by molar-refractivity contribution is -0.123. The van der Waals surface area contributed by atoms with E-state index in [1.165, 1.54) is 0 Å². The monoisotopic (exact) mass is 357 g/mol. The molecule has 0 bridgehead atoms. The van der Waals surface area contributed by atoms with Crippen LogP contribution in [-0.4, -0.2) is 47.4 Å². The fourth-order valence-electron chi connectivity index (χ4n) is 3.94. The van der Waals surface area contributed by atoms with Crippen molar-refractivity contribution in [1.29, 1.82) is 0 Å². The van der Waals surface area contributed by atoms with Crippen LogP contribution in [0.15, 0.2) is 18.2 Å². The predicted molar refractivity (Wildman–Crippen MR) is 101 cm³/mol. The van der Waals surface area contributed by atoms with E-state index in [-0.39, 0.29) is 23.7 Å². The Kier molecular flexibility index (Phi) is 5.05. The van der Waals surface area contributed by atoms with Gasteiger partial charge >= 0.3 is 0 Å². The Labute approximate surface area is 153 Å². The van der Waals surface area contributed by atoms with Crippen molar-refractivity contribution < 1.29 is 14.3 Å². The van der Waals surface area contributed by atoms with Crippen LogP contribution < -0.4 is 10.5 Å². The number of carbonyl (C=O) groups is 2. The molecule has 1 amide bonds. The van der Waals surface area contributed by atoms with Crippen molar-refractivity contribution in [2.75, 3.05) is 20.2 Å². The van der Waals surface area contributed by atoms with Gasteiger partial charge in [-0.2, -0.15) is 0 Å². The summed E-state index contributed by atoms with van der Waals surface area (Å²) in [6.07, 6.45) is 1.44. The number of methoxy groups -OCH3 is 1. The maximum Gasteiger partial charge on any atom is 0.220 e. The molecule has 2 aromatic rings. The van der Waals surface area contributed by atoms with Crippen LogP contribution in [0.1, 0.15) is 35.8 Å². The molecule has 6 heteroatoms. The lowest BCUT2D eigenvalue weighted by atomic mass is 9.93. The standard InChI is InChI=1S/C20H27N3O3/c1-12-18(16-11-15(26-4)5-6-17(16)22(12)3)19(24)13(2)23-9-7-14(8-10-23)20(21)25/h5-6,11,13-14H,7-10H2,1-4H3,(H2,21,25)/t13-/m1/s1. The van der Waals surface area contributed by atoms with E-state index < -0.39 is 0 Å². The molecule has 3 rings (SSSR count). The van der Waals surface area contributed by atoms with E-state index >= 15 is 0 Å². The quantitative estimate of drug-likeness (QED) is 0.833. The summed E-state index contributed by atoms with van der Waals surface area (Å²) < 4.78 is 7.39. The number of hydrogen-bond acceptors (Lipinski definition) is 4. The van der Waals surface area contributed by atoms with Gasteiger partial charge in [-0.25, -0.2) is 0 Å². The first-order valence-corrected chi connectivity index (χ1v) is 9.05. The van der Waals surface area contributed by atoms with Gasteiger partial charge in [0.05, 0.1) is 13.2 Å². The number of ether oxygens (including phenoxy) is 1. The van der Waals surface area contributed by atoms with Crippen molar-refractivity contribution in [3.8, 4) is 5.75 Å². The lowest BCUT2D eigenvalue weighted by Gasteiger charge is -2.34. The first kappa shape index (κ1) is 18.5. The van der Waals surface area contributed by atoms with Crippen LogP contribution in [0.5, 0.6) is 5.75 Å². The Hall–Kier alpha value is -2.34. The molecule has 1 aliphatic rings. The van der Waals surface area contributed by atoms with Gasteiger partial charge in [0.25, 0.3) is 0 Å². The van der Waals surface area contributed by atoms with Crippen LogP contribution >= 0.6 is 0 Å². The molecule has 0 radical (unpaired) electrons. The normalized spacial score (nSPS) is 17.4. The number of aryl methyl sites for hydroxylation is 1. The topological polar surface area (TPSA) is 77.6 Å². The third-order valence-corrected chi connectivity index (χ3v) is 5.80. The molecule has 2 heterocycles. The second-order valence-electron chi connectivity index (χ2n) is 7.16. The number of nitrogens with zero attached hydrogens (tertiary/aromatic N) is 2. The summed E-state index contributed by atoms with van der Waals surface area (Å²) in [6, 6.07) is 5.59. The molecule has 2 N–H and O–H groups in total. The highest BCUT2D eigenvalue weighted by Gasteiger charge is 2.31. The molecule has 1 saturated heterocycles. The first-order chi connectivity index (χ1) is 12.3. The zero-order valence-electron chi connectivity index (χ0n) is 15.9. The van der Waals surface area contributed by atoms with Crippen molar-refractivity contribution >= 4 is 22.6 Å². The molecule has 0 aliphatic carbocycles. The van der Waals surface area contributed by atoms with E-state index in [1.54, 1.807) is 7.11 Å². The number of piperidine rings is 1. The summed E-state index contributed by atoms with van der Waals surface area (Å²) in [5, 5.41) is 0.924. The van der Waals surface area contributed by atoms with Gasteiger partial charge in [-0.1, -0.05) is 0 Å². The Morgan fingerprint density at radius 3 is 2.50 bits per heavy atom. The number of aromatic nitrogens is 1. The Morgan fingerprint density at radius 1 is 1.27 bits per heavy atom. The zero-order chi connectivity index (χ0) is 19.0. The second-order valence-corrected chi connectivity index (χ2v) is 7.16. The number of hydrogen-bond donors (Lipinski definition) is 1. The summed E-state index contributed by atoms with van der Waals surface area (Å²) >= 11 is 0. The minimum absolute atomic E-state index is 0.0721. The van der Waals surface area contributed by atoms with E-state index in [4.69, 9.17) is 10.5 Å². The molecule has 0 spiro atoms. The second kappa shape index (κ2) is 7.11. The molecule has 1 atom stereocenters. The number of benzene rings is 1. The zero-order valence-corrected chi connectivity index (χ0v) is 15.9. The molecule has 26 heavy (non-hydrogen) atoms. The van der Waals surface area contributed by atoms with Crippen LogP contribution in [0.4, 0.5) is 0 Å². The molecule has 140 valence electrons. The van der Waals surface area contributed by atoms with E-state index in [9.17, 15) is 9.59 Å². The molecule has 1 aromatic heterocycles. The maximum absolute atomic E-state index is 13.3. The number of ketones is 1. The highest BCUT2D eigenvalue weighted by Crippen LogP contribution is 2.30. The van der Waals surface area contributed by atoms with Crippen molar-refractivity contribution in [2.45, 2.75) is 32.7 Å². The number of Topliss-reactive ketones (excluding diaryl/α,β-unsaturated/α-hetero) is 1. The Morgan fingerprint density at radius 2 is 1.92 bits per heavy atom. The van der Waals surface area contributed by atoms with Crippen molar-refractivity contribution in [3.63, 3.8) is 0 Å². The smallest absolute Gasteiger partial charge is 0.220 e. The van der Waals surface area contributed by atoms with Gasteiger partial charge in [0.15, 0.2) is 5.78 Å². The number of nitrogens with two attached hydrogens (primary N) is 1. The summed E-state index contributed by atoms with van der Waals surface area (Å²) in [5.74, 6) is 0.545. The van der Waals surface area contributed by atoms with Crippen molar-refractivity contribution in [2.24, 2.45) is 18.7 Å². The summed E-state index contributed by atoms with van der Waals surface area (Å²) in [5.41, 5.74) is 8.14. The fourth-order valence-corrected chi connectivity index (χ4v) is 3.94. The molecule has 1 aromatic carbocycles. The van der Waals surface area contributed by atoms with Gasteiger partial charge in [0, 0.05) is 35.1 Å². The van der Waals surface area contributed by atoms with Crippen LogP contribution in [0.2, 0.25) is 0 Å². The number of carbonyl (C=O) groups excluding carboxylic acids is 2. The van der Waals surface area contributed by atoms with E-state index in [0.29, 0.717) is 13.1 Å². The highest BCUT2D eigenvalue weighted by atomic mass is 16.5. The number of primary amides is 1. The molecule has 1 aliphatic heterocycles. The molecular weight excluding hydrogens is 330 g/mol. The largest absolute Gasteiger partial charge is 0.497 e. The van der Waals surface area contributed by atoms with Gasteiger partial charge in [-0.3, -0.25) is 14.5 Å². The minimum atomic E-state index is -0.237. The minimum Gasteiger partial charge on any atom is -0.497 e. The molecule has 1 fully saturated rings. The maximum atomic E-state index is 13.3. The number of rotatable bonds is 5. The molecule has 6 nitrogen and oxygen atoms in total. The summed E-state index contributed by atoms with van der Waals surface area (Å²) in [6.45, 7) is 5.36.